The summed E-state index contributed by atoms with van der Waals surface area (Å²) in [5, 5.41) is 14.7. The molecule has 1 heterocycles. The highest BCUT2D eigenvalue weighted by atomic mass is 32.1. The van der Waals surface area contributed by atoms with Crippen molar-refractivity contribution in [3.63, 3.8) is 0 Å². The SMILES string of the molecule is CN/C(N)=C/C=C(\N)CCCCc1nnc(NC(=O)Cc2cccc(OCC(F)(F)F)c2)s1. The number of allylic oxidation sites excluding steroid dienone is 3. The molecule has 1 aromatic heterocycles. The topological polar surface area (TPSA) is 128 Å². The number of nitrogens with two attached hydrogens (primary N) is 2. The first-order valence-corrected chi connectivity index (χ1v) is 11.0. The molecule has 0 spiro atoms. The lowest BCUT2D eigenvalue weighted by Gasteiger charge is -2.10. The number of hydrogen-bond donors (Lipinski definition) is 4. The molecule has 0 atom stereocenters. The summed E-state index contributed by atoms with van der Waals surface area (Å²) in [4.78, 5) is 12.3. The standard InChI is InChI=1S/C21H27F3N6O2S/c1-27-17(26)10-9-15(25)6-2-3-8-19-29-30-20(33-19)28-18(31)12-14-5-4-7-16(11-14)32-13-21(22,23)24/h4-5,7,9-11,27H,2-3,6,8,12-13,25-26H2,1H3,(H,28,30,31)/b15-9-,17-10+. The van der Waals surface area contributed by atoms with Crippen molar-refractivity contribution < 1.29 is 22.7 Å². The fourth-order valence-corrected chi connectivity index (χ4v) is 3.43. The molecule has 0 aliphatic rings. The van der Waals surface area contributed by atoms with Crippen LogP contribution in [0, 0.1) is 0 Å². The summed E-state index contributed by atoms with van der Waals surface area (Å²) in [5.74, 6) is 0.231. The third-order valence-electron chi connectivity index (χ3n) is 4.25. The van der Waals surface area contributed by atoms with E-state index >= 15 is 0 Å². The van der Waals surface area contributed by atoms with Crippen LogP contribution in [-0.4, -0.2) is 35.9 Å². The average molecular weight is 485 g/mol. The number of ether oxygens (including phenoxy) is 1. The molecule has 33 heavy (non-hydrogen) atoms. The molecule has 0 unspecified atom stereocenters. The maximum atomic E-state index is 12.3. The molecule has 0 radical (unpaired) electrons. The fraction of sp³-hybridized carbons (Fsp3) is 0.381. The number of unbranched alkanes of at least 4 members (excludes halogenated alkanes) is 1. The molecule has 0 fully saturated rings. The Bertz CT molecular complexity index is 975. The lowest BCUT2D eigenvalue weighted by Crippen LogP contribution is -2.19. The van der Waals surface area contributed by atoms with E-state index in [-0.39, 0.29) is 18.1 Å². The van der Waals surface area contributed by atoms with E-state index in [9.17, 15) is 18.0 Å². The molecular formula is C21H27F3N6O2S. The van der Waals surface area contributed by atoms with Gasteiger partial charge in [0.05, 0.1) is 12.2 Å². The van der Waals surface area contributed by atoms with Crippen molar-refractivity contribution in [2.24, 2.45) is 11.5 Å². The molecule has 0 aliphatic heterocycles. The number of amides is 1. The van der Waals surface area contributed by atoms with Gasteiger partial charge >= 0.3 is 6.18 Å². The number of hydrogen-bond acceptors (Lipinski definition) is 8. The average Bonchev–Trinajstić information content (AvgIpc) is 3.20. The molecule has 0 bridgehead atoms. The van der Waals surface area contributed by atoms with Crippen LogP contribution in [0.4, 0.5) is 18.3 Å². The molecular weight excluding hydrogens is 457 g/mol. The van der Waals surface area contributed by atoms with Gasteiger partial charge < -0.3 is 26.8 Å². The van der Waals surface area contributed by atoms with E-state index in [1.54, 1.807) is 25.3 Å². The largest absolute Gasteiger partial charge is 0.484 e. The second-order valence-electron chi connectivity index (χ2n) is 7.10. The Balaban J connectivity index is 1.76. The summed E-state index contributed by atoms with van der Waals surface area (Å²) in [7, 11) is 1.73. The summed E-state index contributed by atoms with van der Waals surface area (Å²) in [6.07, 6.45) is 2.16. The van der Waals surface area contributed by atoms with Crippen LogP contribution in [0.5, 0.6) is 5.75 Å². The number of aromatic nitrogens is 2. The molecule has 1 aromatic carbocycles. The first-order chi connectivity index (χ1) is 15.6. The minimum Gasteiger partial charge on any atom is -0.484 e. The number of anilines is 1. The van der Waals surface area contributed by atoms with E-state index in [2.05, 4.69) is 20.8 Å². The Hall–Kier alpha value is -3.28. The van der Waals surface area contributed by atoms with Crippen molar-refractivity contribution in [1.82, 2.24) is 15.5 Å². The van der Waals surface area contributed by atoms with Gasteiger partial charge in [0, 0.05) is 19.2 Å². The lowest BCUT2D eigenvalue weighted by molar-refractivity contribution is -0.153. The molecule has 8 nitrogen and oxygen atoms in total. The Morgan fingerprint density at radius 2 is 2.00 bits per heavy atom. The number of alkyl halides is 3. The quantitative estimate of drug-likeness (QED) is 0.269. The smallest absolute Gasteiger partial charge is 0.422 e. The zero-order valence-electron chi connectivity index (χ0n) is 18.1. The summed E-state index contributed by atoms with van der Waals surface area (Å²) < 4.78 is 41.6. The van der Waals surface area contributed by atoms with Crippen molar-refractivity contribution in [3.8, 4) is 5.75 Å². The molecule has 0 saturated heterocycles. The monoisotopic (exact) mass is 484 g/mol. The van der Waals surface area contributed by atoms with Gasteiger partial charge in [-0.05, 0) is 49.1 Å². The highest BCUT2D eigenvalue weighted by Crippen LogP contribution is 2.21. The van der Waals surface area contributed by atoms with Crippen LogP contribution < -0.4 is 26.8 Å². The number of aryl methyl sites for hydroxylation is 1. The maximum Gasteiger partial charge on any atom is 0.422 e. The van der Waals surface area contributed by atoms with Crippen molar-refractivity contribution in [2.75, 3.05) is 19.0 Å². The number of nitrogens with zero attached hydrogens (tertiary/aromatic N) is 2. The minimum absolute atomic E-state index is 0.0315. The third kappa shape index (κ3) is 10.7. The highest BCUT2D eigenvalue weighted by Gasteiger charge is 2.28. The summed E-state index contributed by atoms with van der Waals surface area (Å²) >= 11 is 1.28. The van der Waals surface area contributed by atoms with Crippen molar-refractivity contribution >= 4 is 22.4 Å². The molecule has 180 valence electrons. The van der Waals surface area contributed by atoms with Crippen molar-refractivity contribution in [3.05, 3.63) is 58.5 Å². The van der Waals surface area contributed by atoms with Crippen LogP contribution in [0.15, 0.2) is 47.9 Å². The molecule has 1 amide bonds. The number of halogens is 3. The highest BCUT2D eigenvalue weighted by molar-refractivity contribution is 7.15. The third-order valence-corrected chi connectivity index (χ3v) is 5.15. The van der Waals surface area contributed by atoms with Crippen LogP contribution in [0.25, 0.3) is 0 Å². The molecule has 2 aromatic rings. The van der Waals surface area contributed by atoms with Gasteiger partial charge in [-0.2, -0.15) is 13.2 Å². The second kappa shape index (κ2) is 12.7. The van der Waals surface area contributed by atoms with Gasteiger partial charge in [-0.3, -0.25) is 4.79 Å². The number of carbonyl (C=O) groups excluding carboxylic acids is 1. The Labute approximate surface area is 193 Å². The van der Waals surface area contributed by atoms with Gasteiger partial charge in [0.2, 0.25) is 11.0 Å². The molecule has 0 saturated carbocycles. The number of carbonyl (C=O) groups is 1. The van der Waals surface area contributed by atoms with Gasteiger partial charge in [-0.25, -0.2) is 0 Å². The molecule has 2 rings (SSSR count). The van der Waals surface area contributed by atoms with Crippen LogP contribution in [0.1, 0.15) is 29.8 Å². The van der Waals surface area contributed by atoms with Gasteiger partial charge in [-0.1, -0.05) is 23.5 Å². The molecule has 0 aliphatic carbocycles. The first-order valence-electron chi connectivity index (χ1n) is 10.1. The maximum absolute atomic E-state index is 12.3. The van der Waals surface area contributed by atoms with E-state index in [1.807, 2.05) is 0 Å². The van der Waals surface area contributed by atoms with E-state index in [1.165, 1.54) is 29.5 Å². The van der Waals surface area contributed by atoms with Crippen molar-refractivity contribution in [1.29, 1.82) is 0 Å². The number of rotatable bonds is 12. The van der Waals surface area contributed by atoms with Gasteiger partial charge in [0.15, 0.2) is 6.61 Å². The summed E-state index contributed by atoms with van der Waals surface area (Å²) in [6, 6.07) is 5.97. The second-order valence-corrected chi connectivity index (χ2v) is 8.16. The fourth-order valence-electron chi connectivity index (χ4n) is 2.63. The lowest BCUT2D eigenvalue weighted by atomic mass is 10.1. The number of benzene rings is 1. The van der Waals surface area contributed by atoms with Crippen LogP contribution in [-0.2, 0) is 17.6 Å². The Morgan fingerprint density at radius 3 is 2.73 bits per heavy atom. The van der Waals surface area contributed by atoms with Crippen molar-refractivity contribution in [2.45, 2.75) is 38.3 Å². The van der Waals surface area contributed by atoms with Gasteiger partial charge in [-0.15, -0.1) is 10.2 Å². The Morgan fingerprint density at radius 1 is 1.21 bits per heavy atom. The van der Waals surface area contributed by atoms with Gasteiger partial charge in [0.1, 0.15) is 10.8 Å². The van der Waals surface area contributed by atoms with Crippen LogP contribution in [0.3, 0.4) is 0 Å². The predicted molar refractivity (Wildman–Crippen MR) is 121 cm³/mol. The van der Waals surface area contributed by atoms with E-state index < -0.39 is 12.8 Å². The van der Waals surface area contributed by atoms with E-state index in [0.29, 0.717) is 22.9 Å². The van der Waals surface area contributed by atoms with E-state index in [0.717, 1.165) is 30.0 Å². The summed E-state index contributed by atoms with van der Waals surface area (Å²) in [6.45, 7) is -1.39. The zero-order chi connectivity index (χ0) is 24.3. The first kappa shape index (κ1) is 26.0. The molecule has 12 heteroatoms. The number of nitrogens with one attached hydrogen (secondary N) is 2. The normalized spacial score (nSPS) is 12.5. The minimum atomic E-state index is -4.43. The molecule has 6 N–H and O–H groups in total. The summed E-state index contributed by atoms with van der Waals surface area (Å²) in [5.41, 5.74) is 12.8. The van der Waals surface area contributed by atoms with Crippen LogP contribution >= 0.6 is 11.3 Å². The zero-order valence-corrected chi connectivity index (χ0v) is 18.9. The predicted octanol–water partition coefficient (Wildman–Crippen LogP) is 3.24. The van der Waals surface area contributed by atoms with Crippen LogP contribution in [0.2, 0.25) is 0 Å². The van der Waals surface area contributed by atoms with Gasteiger partial charge in [0.25, 0.3) is 0 Å². The van der Waals surface area contributed by atoms with E-state index in [4.69, 9.17) is 16.2 Å². The Kier molecular flexibility index (Phi) is 9.98.